The molecule has 1 aromatic rings. The standard InChI is InChI=1S/C9H7F3O2S/c10-9(11,12)7-4-2-1-3-6(7)5-14-8(13)15/h1-4H,5H2,(H,13,15). The smallest absolute Gasteiger partial charge is 0.416 e. The van der Waals surface area contributed by atoms with E-state index >= 15 is 0 Å². The summed E-state index contributed by atoms with van der Waals surface area (Å²) in [5.41, 5.74) is -0.896. The summed E-state index contributed by atoms with van der Waals surface area (Å²) in [7, 11) is 0. The molecule has 6 heteroatoms. The molecule has 0 N–H and O–H groups in total. The third-order valence-electron chi connectivity index (χ3n) is 1.67. The molecule has 0 radical (unpaired) electrons. The summed E-state index contributed by atoms with van der Waals surface area (Å²) in [6.45, 7) is -0.433. The van der Waals surface area contributed by atoms with Crippen LogP contribution in [0.4, 0.5) is 18.0 Å². The van der Waals surface area contributed by atoms with Gasteiger partial charge in [-0.1, -0.05) is 30.8 Å². The highest BCUT2D eigenvalue weighted by Gasteiger charge is 2.32. The summed E-state index contributed by atoms with van der Waals surface area (Å²) in [5, 5.41) is -0.910. The molecule has 0 saturated carbocycles. The van der Waals surface area contributed by atoms with Crippen molar-refractivity contribution in [1.82, 2.24) is 0 Å². The van der Waals surface area contributed by atoms with E-state index in [1.165, 1.54) is 18.2 Å². The van der Waals surface area contributed by atoms with Crippen LogP contribution >= 0.6 is 12.6 Å². The van der Waals surface area contributed by atoms with E-state index in [4.69, 9.17) is 0 Å². The van der Waals surface area contributed by atoms with Gasteiger partial charge in [0.15, 0.2) is 0 Å². The fourth-order valence-electron chi connectivity index (χ4n) is 1.06. The molecule has 2 nitrogen and oxygen atoms in total. The number of ether oxygens (including phenoxy) is 1. The summed E-state index contributed by atoms with van der Waals surface area (Å²) in [5.74, 6) is 0. The van der Waals surface area contributed by atoms with Crippen LogP contribution in [-0.2, 0) is 17.5 Å². The Morgan fingerprint density at radius 3 is 2.47 bits per heavy atom. The van der Waals surface area contributed by atoms with Crippen molar-refractivity contribution < 1.29 is 22.7 Å². The average Bonchev–Trinajstić information content (AvgIpc) is 2.13. The van der Waals surface area contributed by atoms with Crippen molar-refractivity contribution >= 4 is 17.9 Å². The van der Waals surface area contributed by atoms with E-state index < -0.39 is 23.6 Å². The Labute approximate surface area is 89.5 Å². The van der Waals surface area contributed by atoms with Crippen molar-refractivity contribution in [3.8, 4) is 0 Å². The number of rotatable bonds is 2. The van der Waals surface area contributed by atoms with Gasteiger partial charge < -0.3 is 4.74 Å². The fraction of sp³-hybridized carbons (Fsp3) is 0.222. The molecule has 1 rings (SSSR count). The number of halogens is 3. The van der Waals surface area contributed by atoms with Crippen molar-refractivity contribution in [2.75, 3.05) is 0 Å². The topological polar surface area (TPSA) is 26.3 Å². The lowest BCUT2D eigenvalue weighted by molar-refractivity contribution is -0.138. The highest BCUT2D eigenvalue weighted by atomic mass is 32.1. The number of carbonyl (C=O) groups is 1. The maximum absolute atomic E-state index is 12.4. The Bertz CT molecular complexity index is 363. The van der Waals surface area contributed by atoms with Crippen LogP contribution in [0, 0.1) is 0 Å². The van der Waals surface area contributed by atoms with Crippen LogP contribution in [0.25, 0.3) is 0 Å². The zero-order valence-corrected chi connectivity index (χ0v) is 8.31. The van der Waals surface area contributed by atoms with Crippen molar-refractivity contribution in [1.29, 1.82) is 0 Å². The first-order chi connectivity index (χ1) is 6.91. The molecule has 0 heterocycles. The van der Waals surface area contributed by atoms with Crippen molar-refractivity contribution in [2.24, 2.45) is 0 Å². The van der Waals surface area contributed by atoms with Gasteiger partial charge in [0, 0.05) is 5.56 Å². The molecule has 15 heavy (non-hydrogen) atoms. The van der Waals surface area contributed by atoms with E-state index in [0.717, 1.165) is 6.07 Å². The molecule has 0 aliphatic rings. The van der Waals surface area contributed by atoms with Gasteiger partial charge in [-0.2, -0.15) is 13.2 Å². The van der Waals surface area contributed by atoms with Gasteiger partial charge in [-0.15, -0.1) is 0 Å². The van der Waals surface area contributed by atoms with Gasteiger partial charge in [0.1, 0.15) is 6.61 Å². The van der Waals surface area contributed by atoms with Gasteiger partial charge in [0.2, 0.25) is 0 Å². The molecule has 0 spiro atoms. The van der Waals surface area contributed by atoms with Crippen LogP contribution < -0.4 is 0 Å². The first kappa shape index (κ1) is 11.9. The van der Waals surface area contributed by atoms with Gasteiger partial charge in [-0.3, -0.25) is 0 Å². The van der Waals surface area contributed by atoms with Crippen LogP contribution in [0.15, 0.2) is 24.3 Å². The third-order valence-corrected chi connectivity index (χ3v) is 1.80. The molecule has 0 saturated heterocycles. The molecule has 0 bridgehead atoms. The number of thiol groups is 1. The summed E-state index contributed by atoms with van der Waals surface area (Å²) in [6, 6.07) is 4.90. The Kier molecular flexibility index (Phi) is 3.62. The summed E-state index contributed by atoms with van der Waals surface area (Å²) in [4.78, 5) is 10.3. The van der Waals surface area contributed by atoms with Gasteiger partial charge in [-0.05, 0) is 6.07 Å². The van der Waals surface area contributed by atoms with Gasteiger partial charge in [0.25, 0.3) is 0 Å². The average molecular weight is 236 g/mol. The molecule has 0 amide bonds. The molecular formula is C9H7F3O2S. The summed E-state index contributed by atoms with van der Waals surface area (Å²) < 4.78 is 41.6. The Hall–Kier alpha value is -1.17. The minimum Gasteiger partial charge on any atom is -0.453 e. The highest BCUT2D eigenvalue weighted by Crippen LogP contribution is 2.32. The molecule has 0 atom stereocenters. The summed E-state index contributed by atoms with van der Waals surface area (Å²) in [6.07, 6.45) is -4.44. The second-order valence-corrected chi connectivity index (χ2v) is 3.07. The molecular weight excluding hydrogens is 229 g/mol. The fourth-order valence-corrected chi connectivity index (χ4v) is 1.13. The zero-order chi connectivity index (χ0) is 11.5. The predicted molar refractivity (Wildman–Crippen MR) is 50.6 cm³/mol. The van der Waals surface area contributed by atoms with E-state index in [9.17, 15) is 18.0 Å². The lowest BCUT2D eigenvalue weighted by Gasteiger charge is -2.11. The maximum atomic E-state index is 12.4. The number of hydrogen-bond acceptors (Lipinski definition) is 2. The first-order valence-corrected chi connectivity index (χ1v) is 4.37. The second-order valence-electron chi connectivity index (χ2n) is 2.71. The van der Waals surface area contributed by atoms with E-state index in [1.807, 2.05) is 0 Å². The largest absolute Gasteiger partial charge is 0.453 e. The second kappa shape index (κ2) is 4.57. The summed E-state index contributed by atoms with van der Waals surface area (Å²) >= 11 is 3.29. The van der Waals surface area contributed by atoms with E-state index in [1.54, 1.807) is 0 Å². The Morgan fingerprint density at radius 1 is 1.33 bits per heavy atom. The molecule has 82 valence electrons. The van der Waals surface area contributed by atoms with Gasteiger partial charge >= 0.3 is 11.5 Å². The number of alkyl halides is 3. The van der Waals surface area contributed by atoms with E-state index in [0.29, 0.717) is 0 Å². The molecule has 0 unspecified atom stereocenters. The minimum absolute atomic E-state index is 0.0904. The lowest BCUT2D eigenvalue weighted by Crippen LogP contribution is -2.10. The normalized spacial score (nSPS) is 11.2. The molecule has 0 aromatic heterocycles. The molecule has 0 aliphatic heterocycles. The van der Waals surface area contributed by atoms with Gasteiger partial charge in [-0.25, -0.2) is 4.79 Å². The van der Waals surface area contributed by atoms with Crippen LogP contribution in [0.3, 0.4) is 0 Å². The van der Waals surface area contributed by atoms with E-state index in [2.05, 4.69) is 17.4 Å². The Morgan fingerprint density at radius 2 is 1.93 bits per heavy atom. The number of benzene rings is 1. The van der Waals surface area contributed by atoms with Crippen molar-refractivity contribution in [2.45, 2.75) is 12.8 Å². The first-order valence-electron chi connectivity index (χ1n) is 3.92. The number of hydrogen-bond donors (Lipinski definition) is 1. The highest BCUT2D eigenvalue weighted by molar-refractivity contribution is 7.96. The number of carbonyl (C=O) groups excluding carboxylic acids is 1. The molecule has 0 fully saturated rings. The molecule has 0 aliphatic carbocycles. The lowest BCUT2D eigenvalue weighted by atomic mass is 10.1. The minimum atomic E-state index is -4.44. The quantitative estimate of drug-likeness (QED) is 0.630. The Balaban J connectivity index is 2.92. The van der Waals surface area contributed by atoms with Crippen LogP contribution in [-0.4, -0.2) is 5.30 Å². The SMILES string of the molecule is O=C(S)OCc1ccccc1C(F)(F)F. The predicted octanol–water partition coefficient (Wildman–Crippen LogP) is 3.27. The molecule has 1 aromatic carbocycles. The van der Waals surface area contributed by atoms with Crippen molar-refractivity contribution in [3.05, 3.63) is 35.4 Å². The van der Waals surface area contributed by atoms with Gasteiger partial charge in [0.05, 0.1) is 5.56 Å². The van der Waals surface area contributed by atoms with Crippen LogP contribution in [0.5, 0.6) is 0 Å². The zero-order valence-electron chi connectivity index (χ0n) is 7.41. The monoisotopic (exact) mass is 236 g/mol. The van der Waals surface area contributed by atoms with Crippen LogP contribution in [0.1, 0.15) is 11.1 Å². The maximum Gasteiger partial charge on any atom is 0.416 e. The van der Waals surface area contributed by atoms with Crippen molar-refractivity contribution in [3.63, 3.8) is 0 Å². The van der Waals surface area contributed by atoms with E-state index in [-0.39, 0.29) is 5.56 Å². The third kappa shape index (κ3) is 3.47. The van der Waals surface area contributed by atoms with Crippen LogP contribution in [0.2, 0.25) is 0 Å².